The van der Waals surface area contributed by atoms with Gasteiger partial charge in [-0.1, -0.05) is 37.7 Å². The molecular weight excluding hydrogens is 436 g/mol. The maximum atomic E-state index is 12.5. The minimum absolute atomic E-state index is 0.119. The molecule has 1 amide bonds. The van der Waals surface area contributed by atoms with Crippen LogP contribution in [0.2, 0.25) is 0 Å². The van der Waals surface area contributed by atoms with E-state index >= 15 is 0 Å². The second-order valence-electron chi connectivity index (χ2n) is 7.94. The Kier molecular flexibility index (Phi) is 7.14. The van der Waals surface area contributed by atoms with Crippen molar-refractivity contribution in [2.75, 3.05) is 11.1 Å². The normalized spacial score (nSPS) is 11.0. The first-order valence-corrected chi connectivity index (χ1v) is 11.7. The van der Waals surface area contributed by atoms with Crippen molar-refractivity contribution in [1.29, 1.82) is 0 Å². The highest BCUT2D eigenvalue weighted by atomic mass is 32.2. The van der Waals surface area contributed by atoms with Gasteiger partial charge in [-0.15, -0.1) is 10.2 Å². The largest absolute Gasteiger partial charge is 0.467 e. The Bertz CT molecular complexity index is 1200. The fraction of sp³-hybridized carbons (Fsp3) is 0.240. The number of nitrogens with zero attached hydrogens (tertiary/aromatic N) is 3. The minimum Gasteiger partial charge on any atom is -0.467 e. The van der Waals surface area contributed by atoms with Crippen LogP contribution in [0.5, 0.6) is 11.5 Å². The summed E-state index contributed by atoms with van der Waals surface area (Å²) < 4.78 is 13.3. The molecule has 2 aromatic heterocycles. The van der Waals surface area contributed by atoms with Crippen LogP contribution >= 0.6 is 11.8 Å². The van der Waals surface area contributed by atoms with Crippen LogP contribution in [-0.2, 0) is 11.3 Å². The molecule has 2 aromatic carbocycles. The van der Waals surface area contributed by atoms with Gasteiger partial charge in [-0.2, -0.15) is 0 Å². The van der Waals surface area contributed by atoms with E-state index in [1.165, 1.54) is 11.8 Å². The molecular formula is C25H26N4O3S. The average Bonchev–Trinajstić information content (AvgIpc) is 3.44. The smallest absolute Gasteiger partial charge is 0.234 e. The van der Waals surface area contributed by atoms with Gasteiger partial charge >= 0.3 is 0 Å². The van der Waals surface area contributed by atoms with Gasteiger partial charge < -0.3 is 14.5 Å². The highest BCUT2D eigenvalue weighted by Gasteiger charge is 2.17. The molecule has 33 heavy (non-hydrogen) atoms. The number of aromatic nitrogens is 3. The number of thioether (sulfide) groups is 1. The average molecular weight is 463 g/mol. The standard InChI is InChI=1S/C25H26N4O3S/c1-17(2)24-27-28-25(29(24)15-22-8-5-13-31-22)33-16-23(30)26-19-9-11-20(12-10-19)32-21-7-4-6-18(3)14-21/h4-14,17H,15-16H2,1-3H3,(H,26,30). The quantitative estimate of drug-likeness (QED) is 0.313. The third-order valence-electron chi connectivity index (χ3n) is 4.85. The zero-order valence-electron chi connectivity index (χ0n) is 18.8. The van der Waals surface area contributed by atoms with Crippen molar-refractivity contribution in [3.63, 3.8) is 0 Å². The zero-order chi connectivity index (χ0) is 23.2. The van der Waals surface area contributed by atoms with E-state index in [2.05, 4.69) is 29.4 Å². The predicted octanol–water partition coefficient (Wildman–Crippen LogP) is 5.87. The Morgan fingerprint density at radius 2 is 1.91 bits per heavy atom. The summed E-state index contributed by atoms with van der Waals surface area (Å²) in [7, 11) is 0. The Labute approximate surface area is 197 Å². The molecule has 0 saturated carbocycles. The maximum Gasteiger partial charge on any atom is 0.234 e. The summed E-state index contributed by atoms with van der Waals surface area (Å²) in [6.07, 6.45) is 1.65. The van der Waals surface area contributed by atoms with Gasteiger partial charge in [0.05, 0.1) is 18.6 Å². The van der Waals surface area contributed by atoms with Crippen molar-refractivity contribution >= 4 is 23.4 Å². The summed E-state index contributed by atoms with van der Waals surface area (Å²) in [6, 6.07) is 18.9. The lowest BCUT2D eigenvalue weighted by molar-refractivity contribution is -0.113. The molecule has 170 valence electrons. The van der Waals surface area contributed by atoms with Gasteiger partial charge in [0, 0.05) is 11.6 Å². The molecule has 0 spiro atoms. The molecule has 7 nitrogen and oxygen atoms in total. The number of benzene rings is 2. The molecule has 4 aromatic rings. The number of anilines is 1. The Morgan fingerprint density at radius 1 is 1.09 bits per heavy atom. The van der Waals surface area contributed by atoms with Crippen LogP contribution in [-0.4, -0.2) is 26.4 Å². The highest BCUT2D eigenvalue weighted by Crippen LogP contribution is 2.25. The van der Waals surface area contributed by atoms with Gasteiger partial charge in [0.1, 0.15) is 23.1 Å². The summed E-state index contributed by atoms with van der Waals surface area (Å²) >= 11 is 1.35. The van der Waals surface area contributed by atoms with E-state index in [-0.39, 0.29) is 17.6 Å². The van der Waals surface area contributed by atoms with E-state index in [0.29, 0.717) is 23.1 Å². The third kappa shape index (κ3) is 6.04. The fourth-order valence-electron chi connectivity index (χ4n) is 3.29. The summed E-state index contributed by atoms with van der Waals surface area (Å²) in [5, 5.41) is 12.2. The van der Waals surface area contributed by atoms with E-state index in [1.54, 1.807) is 6.26 Å². The van der Waals surface area contributed by atoms with Gasteiger partial charge in [-0.25, -0.2) is 0 Å². The molecule has 0 aliphatic carbocycles. The molecule has 2 heterocycles. The first-order chi connectivity index (χ1) is 16.0. The molecule has 0 radical (unpaired) electrons. The zero-order valence-corrected chi connectivity index (χ0v) is 19.6. The summed E-state index contributed by atoms with van der Waals surface area (Å²) in [6.45, 7) is 6.68. The van der Waals surface area contributed by atoms with Crippen molar-refractivity contribution in [1.82, 2.24) is 14.8 Å². The van der Waals surface area contributed by atoms with Crippen molar-refractivity contribution in [3.05, 3.63) is 84.1 Å². The van der Waals surface area contributed by atoms with Gasteiger partial charge in [0.15, 0.2) is 5.16 Å². The van der Waals surface area contributed by atoms with E-state index in [0.717, 1.165) is 22.9 Å². The lowest BCUT2D eigenvalue weighted by Crippen LogP contribution is -2.15. The van der Waals surface area contributed by atoms with Crippen LogP contribution in [0, 0.1) is 6.92 Å². The number of amides is 1. The summed E-state index contributed by atoms with van der Waals surface area (Å²) in [4.78, 5) is 12.5. The van der Waals surface area contributed by atoms with Crippen molar-refractivity contribution in [2.24, 2.45) is 0 Å². The molecule has 4 rings (SSSR count). The van der Waals surface area contributed by atoms with Crippen LogP contribution in [0.1, 0.15) is 36.9 Å². The number of hydrogen-bond donors (Lipinski definition) is 1. The van der Waals surface area contributed by atoms with Crippen molar-refractivity contribution in [3.8, 4) is 11.5 Å². The molecule has 0 aliphatic rings. The number of aryl methyl sites for hydroxylation is 1. The molecule has 0 bridgehead atoms. The lowest BCUT2D eigenvalue weighted by Gasteiger charge is -2.11. The van der Waals surface area contributed by atoms with E-state index < -0.39 is 0 Å². The topological polar surface area (TPSA) is 82.2 Å². The summed E-state index contributed by atoms with van der Waals surface area (Å²) in [5.41, 5.74) is 1.84. The number of carbonyl (C=O) groups excluding carboxylic acids is 1. The summed E-state index contributed by atoms with van der Waals surface area (Å²) in [5.74, 6) is 3.47. The second kappa shape index (κ2) is 10.4. The highest BCUT2D eigenvalue weighted by molar-refractivity contribution is 7.99. The number of furan rings is 1. The molecule has 0 saturated heterocycles. The third-order valence-corrected chi connectivity index (χ3v) is 5.82. The van der Waals surface area contributed by atoms with Crippen molar-refractivity contribution in [2.45, 2.75) is 38.4 Å². The number of carbonyl (C=O) groups is 1. The predicted molar refractivity (Wildman–Crippen MR) is 129 cm³/mol. The molecule has 0 fully saturated rings. The minimum atomic E-state index is -0.119. The van der Waals surface area contributed by atoms with E-state index in [9.17, 15) is 4.79 Å². The first kappa shape index (κ1) is 22.7. The lowest BCUT2D eigenvalue weighted by atomic mass is 10.2. The second-order valence-corrected chi connectivity index (χ2v) is 8.88. The molecule has 0 atom stereocenters. The molecule has 1 N–H and O–H groups in total. The van der Waals surface area contributed by atoms with Gasteiger partial charge in [0.25, 0.3) is 0 Å². The van der Waals surface area contributed by atoms with Gasteiger partial charge in [-0.3, -0.25) is 9.36 Å². The fourth-order valence-corrected chi connectivity index (χ4v) is 4.03. The van der Waals surface area contributed by atoms with Crippen LogP contribution in [0.3, 0.4) is 0 Å². The molecule has 0 unspecified atom stereocenters. The van der Waals surface area contributed by atoms with E-state index in [1.807, 2.05) is 72.2 Å². The Hall–Kier alpha value is -3.52. The Balaban J connectivity index is 1.35. The first-order valence-electron chi connectivity index (χ1n) is 10.7. The van der Waals surface area contributed by atoms with Crippen molar-refractivity contribution < 1.29 is 13.9 Å². The number of ether oxygens (including phenoxy) is 1. The maximum absolute atomic E-state index is 12.5. The van der Waals surface area contributed by atoms with Gasteiger partial charge in [-0.05, 0) is 61.0 Å². The van der Waals surface area contributed by atoms with Crippen LogP contribution in [0.25, 0.3) is 0 Å². The van der Waals surface area contributed by atoms with E-state index in [4.69, 9.17) is 9.15 Å². The van der Waals surface area contributed by atoms with Crippen LogP contribution in [0.4, 0.5) is 5.69 Å². The van der Waals surface area contributed by atoms with Crippen LogP contribution in [0.15, 0.2) is 76.5 Å². The number of nitrogens with one attached hydrogen (secondary N) is 1. The molecule has 0 aliphatic heterocycles. The number of rotatable bonds is 9. The Morgan fingerprint density at radius 3 is 2.61 bits per heavy atom. The monoisotopic (exact) mass is 462 g/mol. The SMILES string of the molecule is Cc1cccc(Oc2ccc(NC(=O)CSc3nnc(C(C)C)n3Cc3ccco3)cc2)c1. The van der Waals surface area contributed by atoms with Gasteiger partial charge in [0.2, 0.25) is 5.91 Å². The molecule has 8 heteroatoms. The van der Waals surface area contributed by atoms with Crippen LogP contribution < -0.4 is 10.1 Å². The number of hydrogen-bond acceptors (Lipinski definition) is 6.